The van der Waals surface area contributed by atoms with Gasteiger partial charge >= 0.3 is 0 Å². The molecule has 0 amide bonds. The Morgan fingerprint density at radius 3 is 2.40 bits per heavy atom. The van der Waals surface area contributed by atoms with Crippen LogP contribution in [0.5, 0.6) is 0 Å². The molecule has 5 heteroatoms. The second-order valence-electron chi connectivity index (χ2n) is 10.8. The van der Waals surface area contributed by atoms with Gasteiger partial charge in [0.25, 0.3) is 0 Å². The van der Waals surface area contributed by atoms with Gasteiger partial charge < -0.3 is 15.1 Å². The van der Waals surface area contributed by atoms with E-state index in [0.717, 1.165) is 49.6 Å². The van der Waals surface area contributed by atoms with Crippen molar-refractivity contribution >= 4 is 29.1 Å². The van der Waals surface area contributed by atoms with Crippen LogP contribution in [0, 0.1) is 0 Å². The molecule has 6 rings (SSSR count). The zero-order valence-electron chi connectivity index (χ0n) is 20.6. The van der Waals surface area contributed by atoms with Crippen LogP contribution in [0.15, 0.2) is 71.9 Å². The fraction of sp³-hybridized carbons (Fsp3) is 0.467. The predicted octanol–water partition coefficient (Wildman–Crippen LogP) is 7.09. The van der Waals surface area contributed by atoms with Crippen LogP contribution >= 0.6 is 23.4 Å². The number of benzene rings is 2. The molecule has 0 aromatic heterocycles. The molecule has 2 aromatic carbocycles. The van der Waals surface area contributed by atoms with Crippen LogP contribution in [-0.4, -0.2) is 47.3 Å². The maximum absolute atomic E-state index is 6.33. The molecular formula is C30H36ClN3S. The number of nitrogens with one attached hydrogen (secondary N) is 1. The molecule has 0 radical (unpaired) electrons. The third-order valence-electron chi connectivity index (χ3n) is 8.71. The van der Waals surface area contributed by atoms with E-state index in [2.05, 4.69) is 64.7 Å². The number of thioether (sulfide) groups is 1. The minimum absolute atomic E-state index is 0.0457. The third kappa shape index (κ3) is 4.43. The smallest absolute Gasteiger partial charge is 0.0599 e. The van der Waals surface area contributed by atoms with Crippen molar-refractivity contribution in [1.82, 2.24) is 9.80 Å². The van der Waals surface area contributed by atoms with E-state index in [0.29, 0.717) is 0 Å². The number of anilines is 1. The number of allylic oxidation sites excluding steroid dienone is 1. The van der Waals surface area contributed by atoms with E-state index in [1.54, 1.807) is 0 Å². The molecule has 35 heavy (non-hydrogen) atoms. The van der Waals surface area contributed by atoms with Crippen LogP contribution in [0.3, 0.4) is 0 Å². The molecule has 184 valence electrons. The van der Waals surface area contributed by atoms with Crippen molar-refractivity contribution in [2.75, 3.05) is 38.0 Å². The molecule has 0 atom stereocenters. The lowest BCUT2D eigenvalue weighted by atomic mass is 9.72. The average molecular weight is 506 g/mol. The number of hydrogen-bond acceptors (Lipinski definition) is 4. The summed E-state index contributed by atoms with van der Waals surface area (Å²) in [5, 5.41) is 4.34. The van der Waals surface area contributed by atoms with Gasteiger partial charge in [-0.25, -0.2) is 0 Å². The fourth-order valence-electron chi connectivity index (χ4n) is 6.09. The molecule has 3 nitrogen and oxygen atoms in total. The largest absolute Gasteiger partial charge is 0.374 e. The summed E-state index contributed by atoms with van der Waals surface area (Å²) in [4.78, 5) is 6.49. The lowest BCUT2D eigenvalue weighted by Gasteiger charge is -2.40. The number of nitrogens with zero attached hydrogens (tertiary/aromatic N) is 2. The summed E-state index contributed by atoms with van der Waals surface area (Å²) in [7, 11) is 0. The molecule has 2 aromatic rings. The Hall–Kier alpha value is -1.88. The van der Waals surface area contributed by atoms with Crippen molar-refractivity contribution in [3.63, 3.8) is 0 Å². The molecule has 4 aliphatic rings. The first-order valence-corrected chi connectivity index (χ1v) is 14.4. The van der Waals surface area contributed by atoms with Crippen LogP contribution in [0.4, 0.5) is 5.69 Å². The van der Waals surface area contributed by atoms with Gasteiger partial charge in [0.05, 0.1) is 4.75 Å². The van der Waals surface area contributed by atoms with Crippen LogP contribution in [0.25, 0.3) is 0 Å². The first-order chi connectivity index (χ1) is 17.0. The SMILES string of the molecule is C=C(N1CCC1)C1(Sc2ccc(CCCN3CCC4(CC3)C(=C)Nc3ccc(Cl)cc34)cc2)CC1. The lowest BCUT2D eigenvalue weighted by Crippen LogP contribution is -2.43. The molecule has 3 aliphatic heterocycles. The monoisotopic (exact) mass is 505 g/mol. The van der Waals surface area contributed by atoms with Crippen LogP contribution in [-0.2, 0) is 11.8 Å². The van der Waals surface area contributed by atoms with Gasteiger partial charge in [0.1, 0.15) is 0 Å². The lowest BCUT2D eigenvalue weighted by molar-refractivity contribution is 0.179. The summed E-state index contributed by atoms with van der Waals surface area (Å²) in [5.41, 5.74) is 6.54. The summed E-state index contributed by atoms with van der Waals surface area (Å²) in [6.07, 6.45) is 8.44. The Morgan fingerprint density at radius 2 is 1.74 bits per heavy atom. The van der Waals surface area contributed by atoms with E-state index < -0.39 is 0 Å². The highest BCUT2D eigenvalue weighted by atomic mass is 35.5. The number of aryl methyl sites for hydroxylation is 1. The quantitative estimate of drug-likeness (QED) is 0.412. The second kappa shape index (κ2) is 9.21. The number of likely N-dealkylation sites (tertiary alicyclic amines) is 2. The average Bonchev–Trinajstić information content (AvgIpc) is 3.56. The molecule has 1 aliphatic carbocycles. The van der Waals surface area contributed by atoms with Crippen molar-refractivity contribution in [3.8, 4) is 0 Å². The molecule has 1 N–H and O–H groups in total. The summed E-state index contributed by atoms with van der Waals surface area (Å²) in [6.45, 7) is 14.6. The van der Waals surface area contributed by atoms with E-state index in [-0.39, 0.29) is 10.2 Å². The van der Waals surface area contributed by atoms with Gasteiger partial charge in [0.15, 0.2) is 0 Å². The number of rotatable bonds is 8. The summed E-state index contributed by atoms with van der Waals surface area (Å²) < 4.78 is 0.277. The van der Waals surface area contributed by atoms with Gasteiger partial charge in [-0.15, -0.1) is 11.8 Å². The maximum atomic E-state index is 6.33. The van der Waals surface area contributed by atoms with Crippen molar-refractivity contribution in [3.05, 3.63) is 83.2 Å². The van der Waals surface area contributed by atoms with Crippen molar-refractivity contribution in [2.45, 2.75) is 60.0 Å². The Bertz CT molecular complexity index is 1120. The number of halogens is 1. The third-order valence-corrected chi connectivity index (χ3v) is 10.5. The first-order valence-electron chi connectivity index (χ1n) is 13.2. The van der Waals surface area contributed by atoms with E-state index in [9.17, 15) is 0 Å². The van der Waals surface area contributed by atoms with Crippen LogP contribution < -0.4 is 5.32 Å². The highest BCUT2D eigenvalue weighted by molar-refractivity contribution is 8.01. The molecule has 1 saturated carbocycles. The summed E-state index contributed by atoms with van der Waals surface area (Å²) in [5.74, 6) is 0. The topological polar surface area (TPSA) is 18.5 Å². The Balaban J connectivity index is 0.982. The molecule has 0 bridgehead atoms. The molecule has 3 heterocycles. The normalized spacial score (nSPS) is 22.0. The van der Waals surface area contributed by atoms with Gasteiger partial charge in [-0.3, -0.25) is 0 Å². The number of fused-ring (bicyclic) bond motifs is 2. The molecular weight excluding hydrogens is 470 g/mol. The van der Waals surface area contributed by atoms with Gasteiger partial charge in [0.2, 0.25) is 0 Å². The minimum atomic E-state index is 0.0457. The number of hydrogen-bond donors (Lipinski definition) is 1. The van der Waals surface area contributed by atoms with E-state index in [4.69, 9.17) is 11.6 Å². The van der Waals surface area contributed by atoms with Crippen molar-refractivity contribution in [2.24, 2.45) is 0 Å². The number of piperidine rings is 1. The van der Waals surface area contributed by atoms with Gasteiger partial charge in [-0.2, -0.15) is 0 Å². The van der Waals surface area contributed by atoms with Gasteiger partial charge in [-0.05, 0) is 106 Å². The zero-order chi connectivity index (χ0) is 24.0. The maximum Gasteiger partial charge on any atom is 0.0599 e. The highest BCUT2D eigenvalue weighted by Crippen LogP contribution is 2.57. The predicted molar refractivity (Wildman–Crippen MR) is 149 cm³/mol. The highest BCUT2D eigenvalue weighted by Gasteiger charge is 2.49. The standard InChI is InChI=1S/C30H36ClN3S/c1-22-29(27-21-25(31)8-11-28(27)32-22)14-19-33(20-15-29)16-3-5-24-6-9-26(10-7-24)35-30(12-13-30)23(2)34-17-4-18-34/h6-11,21,32H,1-5,12-20H2. The minimum Gasteiger partial charge on any atom is -0.374 e. The van der Waals surface area contributed by atoms with Crippen molar-refractivity contribution < 1.29 is 0 Å². The molecule has 2 saturated heterocycles. The van der Waals surface area contributed by atoms with E-state index in [1.807, 2.05) is 17.8 Å². The Labute approximate surface area is 219 Å². The first kappa shape index (κ1) is 23.5. The summed E-state index contributed by atoms with van der Waals surface area (Å²) in [6, 6.07) is 15.5. The Morgan fingerprint density at radius 1 is 1.00 bits per heavy atom. The van der Waals surface area contributed by atoms with Crippen molar-refractivity contribution in [1.29, 1.82) is 0 Å². The summed E-state index contributed by atoms with van der Waals surface area (Å²) >= 11 is 8.37. The van der Waals surface area contributed by atoms with E-state index in [1.165, 1.54) is 66.2 Å². The Kier molecular flexibility index (Phi) is 6.19. The fourth-order valence-corrected chi connectivity index (χ4v) is 7.54. The molecule has 3 fully saturated rings. The zero-order valence-corrected chi connectivity index (χ0v) is 22.2. The van der Waals surface area contributed by atoms with E-state index >= 15 is 0 Å². The van der Waals surface area contributed by atoms with Crippen LogP contribution in [0.2, 0.25) is 5.02 Å². The molecule has 0 unspecified atom stereocenters. The van der Waals surface area contributed by atoms with Crippen LogP contribution in [0.1, 0.15) is 49.7 Å². The second-order valence-corrected chi connectivity index (χ2v) is 12.7. The van der Waals surface area contributed by atoms with Gasteiger partial charge in [0, 0.05) is 45.5 Å². The van der Waals surface area contributed by atoms with Gasteiger partial charge in [-0.1, -0.05) is 36.9 Å². The molecule has 1 spiro atoms.